The van der Waals surface area contributed by atoms with Gasteiger partial charge in [0, 0.05) is 19.6 Å². The van der Waals surface area contributed by atoms with E-state index in [1.165, 1.54) is 11.3 Å². The number of thiazole rings is 1. The molecule has 5 nitrogen and oxygen atoms in total. The van der Waals surface area contributed by atoms with Crippen molar-refractivity contribution in [3.8, 4) is 0 Å². The molecule has 0 atom stereocenters. The van der Waals surface area contributed by atoms with Crippen molar-refractivity contribution >= 4 is 28.2 Å². The Morgan fingerprint density at radius 2 is 2.00 bits per heavy atom. The summed E-state index contributed by atoms with van der Waals surface area (Å²) in [5.74, 6) is 0.755. The smallest absolute Gasteiger partial charge is 0.268 e. The van der Waals surface area contributed by atoms with Gasteiger partial charge in [-0.2, -0.15) is 0 Å². The summed E-state index contributed by atoms with van der Waals surface area (Å²) in [6.07, 6.45) is 1.90. The van der Waals surface area contributed by atoms with Crippen LogP contribution in [0.5, 0.6) is 0 Å². The molecule has 1 heterocycles. The number of amides is 1. The van der Waals surface area contributed by atoms with E-state index in [2.05, 4.69) is 38.0 Å². The molecule has 0 aliphatic heterocycles. The Kier molecular flexibility index (Phi) is 6.26. The molecule has 0 aromatic carbocycles. The summed E-state index contributed by atoms with van der Waals surface area (Å²) >= 11 is 1.32. The number of carbonyl (C=O) groups excluding carboxylic acids is 1. The maximum Gasteiger partial charge on any atom is 0.268 e. The minimum atomic E-state index is 0.00361. The van der Waals surface area contributed by atoms with E-state index in [9.17, 15) is 4.79 Å². The molecule has 0 saturated heterocycles. The molecule has 114 valence electrons. The molecule has 0 unspecified atom stereocenters. The number of nitrogens with two attached hydrogens (primary N) is 1. The van der Waals surface area contributed by atoms with Crippen LogP contribution in [0.4, 0.5) is 10.9 Å². The number of nitrogen functional groups attached to an aromatic ring is 1. The summed E-state index contributed by atoms with van der Waals surface area (Å²) < 4.78 is 0. The first-order valence-corrected chi connectivity index (χ1v) is 8.01. The van der Waals surface area contributed by atoms with Crippen LogP contribution in [0.25, 0.3) is 0 Å². The van der Waals surface area contributed by atoms with Gasteiger partial charge >= 0.3 is 0 Å². The van der Waals surface area contributed by atoms with E-state index in [0.717, 1.165) is 19.4 Å². The number of hydrogen-bond acceptors (Lipinski definition) is 5. The van der Waals surface area contributed by atoms with E-state index >= 15 is 0 Å². The normalized spacial score (nSPS) is 11.2. The molecule has 3 N–H and O–H groups in total. The first-order chi connectivity index (χ1) is 9.44. The van der Waals surface area contributed by atoms with Gasteiger partial charge in [-0.15, -0.1) is 0 Å². The molecule has 0 spiro atoms. The molecule has 1 amide bonds. The Balaban J connectivity index is 3.05. The third-order valence-corrected chi connectivity index (χ3v) is 4.34. The summed E-state index contributed by atoms with van der Waals surface area (Å²) in [6, 6.07) is 0.254. The second kappa shape index (κ2) is 7.47. The summed E-state index contributed by atoms with van der Waals surface area (Å²) in [6.45, 7) is 9.22. The molecule has 0 aliphatic carbocycles. The number of aromatic nitrogens is 1. The zero-order valence-corrected chi connectivity index (χ0v) is 13.9. The van der Waals surface area contributed by atoms with Crippen molar-refractivity contribution < 1.29 is 4.79 Å². The average molecular weight is 298 g/mol. The number of anilines is 2. The van der Waals surface area contributed by atoms with Crippen molar-refractivity contribution in [1.82, 2.24) is 9.88 Å². The zero-order chi connectivity index (χ0) is 15.3. The highest BCUT2D eigenvalue weighted by Crippen LogP contribution is 2.27. The van der Waals surface area contributed by atoms with Crippen molar-refractivity contribution in [2.24, 2.45) is 5.92 Å². The van der Waals surface area contributed by atoms with Crippen LogP contribution in [-0.4, -0.2) is 35.4 Å². The molecule has 6 heteroatoms. The van der Waals surface area contributed by atoms with Crippen molar-refractivity contribution in [2.75, 3.05) is 24.6 Å². The minimum absolute atomic E-state index is 0.00361. The summed E-state index contributed by atoms with van der Waals surface area (Å²) in [7, 11) is 1.78. The van der Waals surface area contributed by atoms with Crippen LogP contribution in [0.2, 0.25) is 0 Å². The lowest BCUT2D eigenvalue weighted by Crippen LogP contribution is -2.42. The molecule has 0 aliphatic rings. The zero-order valence-electron chi connectivity index (χ0n) is 13.1. The summed E-state index contributed by atoms with van der Waals surface area (Å²) in [5.41, 5.74) is 5.88. The lowest BCUT2D eigenvalue weighted by molar-refractivity contribution is 0.0646. The van der Waals surface area contributed by atoms with Gasteiger partial charge in [-0.25, -0.2) is 4.98 Å². The number of nitrogens with one attached hydrogen (secondary N) is 1. The van der Waals surface area contributed by atoms with Crippen molar-refractivity contribution in [1.29, 1.82) is 0 Å². The lowest BCUT2D eigenvalue weighted by Gasteiger charge is -2.31. The third-order valence-electron chi connectivity index (χ3n) is 3.27. The molecule has 0 saturated carbocycles. The van der Waals surface area contributed by atoms with E-state index in [4.69, 9.17) is 5.73 Å². The van der Waals surface area contributed by atoms with Crippen LogP contribution in [0.1, 0.15) is 50.2 Å². The quantitative estimate of drug-likeness (QED) is 0.811. The molecule has 1 aromatic heterocycles. The van der Waals surface area contributed by atoms with E-state index in [1.54, 1.807) is 7.05 Å². The van der Waals surface area contributed by atoms with E-state index in [0.29, 0.717) is 21.7 Å². The third kappa shape index (κ3) is 3.85. The topological polar surface area (TPSA) is 71.2 Å². The second-order valence-electron chi connectivity index (χ2n) is 5.31. The van der Waals surface area contributed by atoms with Gasteiger partial charge in [0.15, 0.2) is 5.13 Å². The van der Waals surface area contributed by atoms with Gasteiger partial charge in [-0.1, -0.05) is 39.0 Å². The SMILES string of the molecule is CCC(CC)N(CC(C)C)C(=O)c1sc(NC)nc1N. The predicted molar refractivity (Wildman–Crippen MR) is 86.3 cm³/mol. The van der Waals surface area contributed by atoms with E-state index in [1.807, 2.05) is 4.90 Å². The Morgan fingerprint density at radius 1 is 1.40 bits per heavy atom. The fourth-order valence-electron chi connectivity index (χ4n) is 2.24. The molecule has 1 aromatic rings. The Hall–Kier alpha value is -1.30. The van der Waals surface area contributed by atoms with Crippen LogP contribution < -0.4 is 11.1 Å². The molecule has 0 bridgehead atoms. The van der Waals surface area contributed by atoms with E-state index in [-0.39, 0.29) is 11.9 Å². The van der Waals surface area contributed by atoms with Gasteiger partial charge in [0.1, 0.15) is 10.7 Å². The molecule has 0 radical (unpaired) electrons. The largest absolute Gasteiger partial charge is 0.382 e. The monoisotopic (exact) mass is 298 g/mol. The molecule has 1 rings (SSSR count). The number of rotatable bonds is 7. The first-order valence-electron chi connectivity index (χ1n) is 7.19. The van der Waals surface area contributed by atoms with Gasteiger partial charge in [0.25, 0.3) is 5.91 Å². The van der Waals surface area contributed by atoms with Crippen molar-refractivity contribution in [2.45, 2.75) is 46.6 Å². The minimum Gasteiger partial charge on any atom is -0.382 e. The van der Waals surface area contributed by atoms with Crippen molar-refractivity contribution in [3.63, 3.8) is 0 Å². The van der Waals surface area contributed by atoms with Crippen LogP contribution in [-0.2, 0) is 0 Å². The Bertz CT molecular complexity index is 440. The number of carbonyl (C=O) groups is 1. The first kappa shape index (κ1) is 16.8. The number of hydrogen-bond donors (Lipinski definition) is 2. The fraction of sp³-hybridized carbons (Fsp3) is 0.714. The summed E-state index contributed by atoms with van der Waals surface area (Å²) in [4.78, 5) is 19.4. The van der Waals surface area contributed by atoms with Gasteiger partial charge in [-0.05, 0) is 18.8 Å². The maximum absolute atomic E-state index is 12.8. The van der Waals surface area contributed by atoms with Gasteiger partial charge in [0.2, 0.25) is 0 Å². The highest BCUT2D eigenvalue weighted by molar-refractivity contribution is 7.18. The second-order valence-corrected chi connectivity index (χ2v) is 6.30. The number of nitrogens with zero attached hydrogens (tertiary/aromatic N) is 2. The van der Waals surface area contributed by atoms with E-state index < -0.39 is 0 Å². The Morgan fingerprint density at radius 3 is 2.40 bits per heavy atom. The van der Waals surface area contributed by atoms with Crippen LogP contribution >= 0.6 is 11.3 Å². The molecular formula is C14H26N4OS. The van der Waals surface area contributed by atoms with Crippen LogP contribution in [0.15, 0.2) is 0 Å². The highest BCUT2D eigenvalue weighted by Gasteiger charge is 2.27. The molecule has 0 fully saturated rings. The molecule has 20 heavy (non-hydrogen) atoms. The Labute approximate surface area is 125 Å². The summed E-state index contributed by atoms with van der Waals surface area (Å²) in [5, 5.41) is 3.62. The van der Waals surface area contributed by atoms with Gasteiger partial charge in [-0.3, -0.25) is 4.79 Å². The van der Waals surface area contributed by atoms with Crippen LogP contribution in [0, 0.1) is 5.92 Å². The maximum atomic E-state index is 12.8. The predicted octanol–water partition coefficient (Wildman–Crippen LogP) is 3.05. The lowest BCUT2D eigenvalue weighted by atomic mass is 10.1. The van der Waals surface area contributed by atoms with Gasteiger partial charge in [0.05, 0.1) is 0 Å². The highest BCUT2D eigenvalue weighted by atomic mass is 32.1. The van der Waals surface area contributed by atoms with Crippen LogP contribution in [0.3, 0.4) is 0 Å². The van der Waals surface area contributed by atoms with Gasteiger partial charge < -0.3 is 16.0 Å². The molecular weight excluding hydrogens is 272 g/mol. The average Bonchev–Trinajstić information content (AvgIpc) is 2.79. The standard InChI is InChI=1S/C14H26N4OS/c1-6-10(7-2)18(8-9(3)4)13(19)11-12(15)17-14(16-5)20-11/h9-10H,6-8,15H2,1-5H3,(H,16,17). The fourth-order valence-corrected chi connectivity index (χ4v) is 3.04. The van der Waals surface area contributed by atoms with Crippen molar-refractivity contribution in [3.05, 3.63) is 4.88 Å².